The maximum atomic E-state index is 13.5. The number of rotatable bonds is 10. The van der Waals surface area contributed by atoms with E-state index >= 15 is 0 Å². The Labute approximate surface area is 233 Å². The molecule has 39 heavy (non-hydrogen) atoms. The Balaban J connectivity index is 1.51. The average molecular weight is 565 g/mol. The zero-order chi connectivity index (χ0) is 28.0. The first kappa shape index (κ1) is 28.2. The average Bonchev–Trinajstić information content (AvgIpc) is 3.40. The number of furan rings is 1. The highest BCUT2D eigenvalue weighted by Crippen LogP contribution is 2.28. The minimum absolute atomic E-state index is 0.125. The van der Waals surface area contributed by atoms with E-state index in [0.29, 0.717) is 27.8 Å². The molecule has 1 heterocycles. The van der Waals surface area contributed by atoms with Gasteiger partial charge in [-0.1, -0.05) is 47.5 Å². The molecule has 0 fully saturated rings. The third-order valence-electron chi connectivity index (χ3n) is 6.10. The van der Waals surface area contributed by atoms with Crippen molar-refractivity contribution in [2.45, 2.75) is 18.4 Å². The summed E-state index contributed by atoms with van der Waals surface area (Å²) in [4.78, 5) is 14.5. The highest BCUT2D eigenvalue weighted by atomic mass is 35.5. The lowest BCUT2D eigenvalue weighted by Crippen LogP contribution is -2.35. The minimum Gasteiger partial charge on any atom is -0.457 e. The van der Waals surface area contributed by atoms with Crippen molar-refractivity contribution < 1.29 is 22.7 Å². The van der Waals surface area contributed by atoms with Crippen molar-refractivity contribution in [1.29, 1.82) is 0 Å². The van der Waals surface area contributed by atoms with Crippen molar-refractivity contribution in [2.24, 2.45) is 0 Å². The summed E-state index contributed by atoms with van der Waals surface area (Å²) < 4.78 is 34.0. The van der Waals surface area contributed by atoms with Crippen molar-refractivity contribution in [3.05, 3.63) is 113 Å². The van der Waals surface area contributed by atoms with Gasteiger partial charge >= 0.3 is 0 Å². The number of anilines is 1. The summed E-state index contributed by atoms with van der Waals surface area (Å²) in [7, 11) is -2.31. The summed E-state index contributed by atoms with van der Waals surface area (Å²) in [5.74, 6) is 0.879. The molecule has 0 aliphatic rings. The van der Waals surface area contributed by atoms with E-state index in [2.05, 4.69) is 0 Å². The Kier molecular flexibility index (Phi) is 8.91. The quantitative estimate of drug-likeness (QED) is 0.247. The Bertz CT molecular complexity index is 1560. The molecule has 0 spiro atoms. The lowest BCUT2D eigenvalue weighted by molar-refractivity contribution is -0.125. The largest absolute Gasteiger partial charge is 0.457 e. The molecule has 9 heteroatoms. The number of sulfonamides is 1. The van der Waals surface area contributed by atoms with E-state index < -0.39 is 10.0 Å². The molecule has 1 amide bonds. The molecule has 0 saturated heterocycles. The summed E-state index contributed by atoms with van der Waals surface area (Å²) >= 11 is 5.95. The summed E-state index contributed by atoms with van der Waals surface area (Å²) in [5, 5.41) is 10.3. The van der Waals surface area contributed by atoms with Crippen LogP contribution in [0.5, 0.6) is 0 Å². The summed E-state index contributed by atoms with van der Waals surface area (Å²) in [6, 6.07) is 24.3. The highest BCUT2D eigenvalue weighted by Gasteiger charge is 2.26. The van der Waals surface area contributed by atoms with E-state index in [-0.39, 0.29) is 30.5 Å². The van der Waals surface area contributed by atoms with Crippen molar-refractivity contribution >= 4 is 39.3 Å². The van der Waals surface area contributed by atoms with Crippen LogP contribution in [0.4, 0.5) is 5.69 Å². The second-order valence-electron chi connectivity index (χ2n) is 8.98. The van der Waals surface area contributed by atoms with Gasteiger partial charge in [0.25, 0.3) is 10.0 Å². The number of nitrogens with zero attached hydrogens (tertiary/aromatic N) is 2. The van der Waals surface area contributed by atoms with Crippen LogP contribution >= 0.6 is 11.6 Å². The third kappa shape index (κ3) is 6.78. The first-order valence-electron chi connectivity index (χ1n) is 12.3. The van der Waals surface area contributed by atoms with E-state index in [0.717, 1.165) is 11.1 Å². The van der Waals surface area contributed by atoms with Gasteiger partial charge in [0.15, 0.2) is 0 Å². The summed E-state index contributed by atoms with van der Waals surface area (Å²) in [6.07, 6.45) is 2.99. The monoisotopic (exact) mass is 564 g/mol. The molecule has 4 aromatic rings. The Morgan fingerprint density at radius 1 is 0.974 bits per heavy atom. The standard InChI is InChI=1S/C30H29ClN2O5S/c1-22-7-15-27(16-8-22)39(36,37)33(19-20-34)28-6-4-3-5-24(28)21-32(2)30(35)18-14-26-13-17-29(38-26)23-9-11-25(31)12-10-23/h3-18,34H,19-21H2,1-2H3/b18-14+. The van der Waals surface area contributed by atoms with Crippen LogP contribution < -0.4 is 4.31 Å². The van der Waals surface area contributed by atoms with E-state index in [1.165, 1.54) is 15.3 Å². The molecule has 0 aliphatic carbocycles. The second-order valence-corrected chi connectivity index (χ2v) is 11.3. The number of carbonyl (C=O) groups is 1. The molecule has 0 unspecified atom stereocenters. The predicted octanol–water partition coefficient (Wildman–Crippen LogP) is 5.77. The van der Waals surface area contributed by atoms with Gasteiger partial charge in [0.05, 0.1) is 23.7 Å². The van der Waals surface area contributed by atoms with Gasteiger partial charge in [-0.15, -0.1) is 0 Å². The lowest BCUT2D eigenvalue weighted by atomic mass is 10.1. The van der Waals surface area contributed by atoms with Gasteiger partial charge in [-0.05, 0) is 73.2 Å². The fourth-order valence-electron chi connectivity index (χ4n) is 4.01. The zero-order valence-electron chi connectivity index (χ0n) is 21.6. The van der Waals surface area contributed by atoms with Gasteiger partial charge in [0, 0.05) is 30.3 Å². The highest BCUT2D eigenvalue weighted by molar-refractivity contribution is 7.92. The number of halogens is 1. The molecule has 1 aromatic heterocycles. The van der Waals surface area contributed by atoms with Gasteiger partial charge < -0.3 is 14.4 Å². The molecule has 0 radical (unpaired) electrons. The van der Waals surface area contributed by atoms with Crippen LogP contribution in [0.3, 0.4) is 0 Å². The molecule has 0 aliphatic heterocycles. The molecule has 0 saturated carbocycles. The van der Waals surface area contributed by atoms with E-state index in [1.54, 1.807) is 79.9 Å². The molecule has 3 aromatic carbocycles. The Morgan fingerprint density at radius 3 is 2.36 bits per heavy atom. The number of aryl methyl sites for hydroxylation is 1. The van der Waals surface area contributed by atoms with Crippen LogP contribution in [-0.2, 0) is 21.4 Å². The molecular formula is C30H29ClN2O5S. The zero-order valence-corrected chi connectivity index (χ0v) is 23.2. The molecule has 0 bridgehead atoms. The lowest BCUT2D eigenvalue weighted by Gasteiger charge is -2.27. The smallest absolute Gasteiger partial charge is 0.264 e. The number of benzene rings is 3. The van der Waals surface area contributed by atoms with Gasteiger partial charge in [-0.3, -0.25) is 9.10 Å². The van der Waals surface area contributed by atoms with E-state index in [9.17, 15) is 18.3 Å². The fraction of sp³-hybridized carbons (Fsp3) is 0.167. The van der Waals surface area contributed by atoms with Crippen molar-refractivity contribution in [2.75, 3.05) is 24.5 Å². The number of amides is 1. The predicted molar refractivity (Wildman–Crippen MR) is 154 cm³/mol. The van der Waals surface area contributed by atoms with Crippen LogP contribution in [0, 0.1) is 6.92 Å². The number of hydrogen-bond acceptors (Lipinski definition) is 5. The first-order chi connectivity index (χ1) is 18.7. The van der Waals surface area contributed by atoms with Gasteiger partial charge in [0.2, 0.25) is 5.91 Å². The number of aliphatic hydroxyl groups excluding tert-OH is 1. The van der Waals surface area contributed by atoms with Gasteiger partial charge in [-0.25, -0.2) is 8.42 Å². The molecule has 4 rings (SSSR count). The minimum atomic E-state index is -3.94. The van der Waals surface area contributed by atoms with E-state index in [4.69, 9.17) is 16.0 Å². The topological polar surface area (TPSA) is 91.1 Å². The van der Waals surface area contributed by atoms with Gasteiger partial charge in [-0.2, -0.15) is 0 Å². The van der Waals surface area contributed by atoms with Crippen molar-refractivity contribution in [3.8, 4) is 11.3 Å². The maximum absolute atomic E-state index is 13.5. The Hall–Kier alpha value is -3.85. The van der Waals surface area contributed by atoms with Crippen LogP contribution in [0.15, 0.2) is 100 Å². The third-order valence-corrected chi connectivity index (χ3v) is 8.18. The number of para-hydroxylation sites is 1. The molecular weight excluding hydrogens is 536 g/mol. The van der Waals surface area contributed by atoms with Crippen LogP contribution in [0.2, 0.25) is 5.02 Å². The second kappa shape index (κ2) is 12.3. The molecule has 202 valence electrons. The van der Waals surface area contributed by atoms with Crippen LogP contribution in [-0.4, -0.2) is 44.5 Å². The maximum Gasteiger partial charge on any atom is 0.264 e. The Morgan fingerprint density at radius 2 is 1.67 bits per heavy atom. The fourth-order valence-corrected chi connectivity index (χ4v) is 5.63. The number of likely N-dealkylation sites (N-methyl/N-ethyl adjacent to an activating group) is 1. The van der Waals surface area contributed by atoms with E-state index in [1.807, 2.05) is 25.1 Å². The number of carbonyl (C=O) groups excluding carboxylic acids is 1. The molecule has 1 N–H and O–H groups in total. The van der Waals surface area contributed by atoms with Crippen molar-refractivity contribution in [1.82, 2.24) is 4.90 Å². The number of aliphatic hydroxyl groups is 1. The van der Waals surface area contributed by atoms with Crippen LogP contribution in [0.1, 0.15) is 16.9 Å². The first-order valence-corrected chi connectivity index (χ1v) is 14.1. The SMILES string of the molecule is Cc1ccc(S(=O)(=O)N(CCO)c2ccccc2CN(C)C(=O)/C=C/c2ccc(-c3ccc(Cl)cc3)o2)cc1. The summed E-state index contributed by atoms with van der Waals surface area (Å²) in [5.41, 5.74) is 2.82. The van der Waals surface area contributed by atoms with Crippen molar-refractivity contribution in [3.63, 3.8) is 0 Å². The summed E-state index contributed by atoms with van der Waals surface area (Å²) in [6.45, 7) is 1.54. The molecule has 7 nitrogen and oxygen atoms in total. The van der Waals surface area contributed by atoms with Gasteiger partial charge in [0.1, 0.15) is 11.5 Å². The normalized spacial score (nSPS) is 11.6. The van der Waals surface area contributed by atoms with Crippen LogP contribution in [0.25, 0.3) is 17.4 Å². The molecule has 0 atom stereocenters. The number of hydrogen-bond donors (Lipinski definition) is 1.